The fraction of sp³-hybridized carbons (Fsp3) is 0.300. The second-order valence-corrected chi connectivity index (χ2v) is 3.71. The Bertz CT molecular complexity index is 362. The van der Waals surface area contributed by atoms with E-state index in [4.69, 9.17) is 9.47 Å². The third-order valence-corrected chi connectivity index (χ3v) is 2.43. The summed E-state index contributed by atoms with van der Waals surface area (Å²) in [5.41, 5.74) is 0.578. The lowest BCUT2D eigenvalue weighted by atomic mass is 10.2. The van der Waals surface area contributed by atoms with Gasteiger partial charge in [0.05, 0.1) is 13.2 Å². The van der Waals surface area contributed by atoms with E-state index in [1.54, 1.807) is 18.2 Å². The molecule has 4 heteroatoms. The molecular weight excluding hydrogens is 248 g/mol. The zero-order valence-electron chi connectivity index (χ0n) is 7.46. The Hall–Kier alpha value is -1.03. The first kappa shape index (κ1) is 9.52. The van der Waals surface area contributed by atoms with Crippen LogP contribution in [0.5, 0.6) is 11.5 Å². The number of rotatable bonds is 1. The molecule has 0 unspecified atom stereocenters. The van der Waals surface area contributed by atoms with Crippen molar-refractivity contribution < 1.29 is 14.3 Å². The van der Waals surface area contributed by atoms with Gasteiger partial charge in [-0.05, 0) is 34.1 Å². The van der Waals surface area contributed by atoms with Gasteiger partial charge >= 0.3 is 0 Å². The maximum atomic E-state index is 11.0. The molecular formula is C10H9BrO3. The maximum absolute atomic E-state index is 11.0. The highest BCUT2D eigenvalue weighted by atomic mass is 79.9. The Morgan fingerprint density at radius 1 is 1.21 bits per heavy atom. The molecule has 0 saturated heterocycles. The first-order chi connectivity index (χ1) is 6.77. The van der Waals surface area contributed by atoms with Crippen molar-refractivity contribution in [2.45, 2.75) is 6.42 Å². The SMILES string of the molecule is O=C(Br)c1ccc2c(c1)OCCCO2. The van der Waals surface area contributed by atoms with Crippen LogP contribution in [0.25, 0.3) is 0 Å². The van der Waals surface area contributed by atoms with Crippen LogP contribution in [0.2, 0.25) is 0 Å². The van der Waals surface area contributed by atoms with Crippen LogP contribution >= 0.6 is 15.9 Å². The van der Waals surface area contributed by atoms with E-state index in [1.807, 2.05) is 0 Å². The molecule has 1 heterocycles. The lowest BCUT2D eigenvalue weighted by molar-refractivity contribution is 0.109. The van der Waals surface area contributed by atoms with Gasteiger partial charge in [0.1, 0.15) is 0 Å². The highest BCUT2D eigenvalue weighted by molar-refractivity contribution is 9.18. The Kier molecular flexibility index (Phi) is 2.72. The van der Waals surface area contributed by atoms with Gasteiger partial charge in [-0.1, -0.05) is 0 Å². The minimum absolute atomic E-state index is 0.145. The molecule has 2 rings (SSSR count). The molecule has 0 spiro atoms. The number of halogens is 1. The summed E-state index contributed by atoms with van der Waals surface area (Å²) in [4.78, 5) is 11.0. The standard InChI is InChI=1S/C10H9BrO3/c11-10(12)7-2-3-8-9(6-7)14-5-1-4-13-8/h2-3,6H,1,4-5H2. The lowest BCUT2D eigenvalue weighted by Crippen LogP contribution is -1.97. The van der Waals surface area contributed by atoms with E-state index in [0.29, 0.717) is 30.3 Å². The Morgan fingerprint density at radius 2 is 1.93 bits per heavy atom. The predicted molar refractivity (Wildman–Crippen MR) is 55.3 cm³/mol. The molecule has 0 fully saturated rings. The lowest BCUT2D eigenvalue weighted by Gasteiger charge is -2.07. The van der Waals surface area contributed by atoms with E-state index in [9.17, 15) is 4.79 Å². The molecule has 0 bridgehead atoms. The fourth-order valence-corrected chi connectivity index (χ4v) is 1.53. The summed E-state index contributed by atoms with van der Waals surface area (Å²) in [5.74, 6) is 1.35. The van der Waals surface area contributed by atoms with E-state index >= 15 is 0 Å². The minimum atomic E-state index is -0.145. The van der Waals surface area contributed by atoms with Crippen molar-refractivity contribution in [3.05, 3.63) is 23.8 Å². The van der Waals surface area contributed by atoms with E-state index in [0.717, 1.165) is 6.42 Å². The largest absolute Gasteiger partial charge is 0.490 e. The molecule has 0 atom stereocenters. The molecule has 0 saturated carbocycles. The number of benzene rings is 1. The zero-order chi connectivity index (χ0) is 9.97. The molecule has 0 amide bonds. The Labute approximate surface area is 90.1 Å². The van der Waals surface area contributed by atoms with Crippen molar-refractivity contribution in [2.24, 2.45) is 0 Å². The van der Waals surface area contributed by atoms with Gasteiger partial charge in [0, 0.05) is 12.0 Å². The fourth-order valence-electron chi connectivity index (χ4n) is 1.29. The van der Waals surface area contributed by atoms with Gasteiger partial charge in [0.15, 0.2) is 11.5 Å². The predicted octanol–water partition coefficient (Wildman–Crippen LogP) is 2.38. The van der Waals surface area contributed by atoms with Gasteiger partial charge in [-0.3, -0.25) is 4.79 Å². The molecule has 1 aromatic carbocycles. The van der Waals surface area contributed by atoms with Crippen molar-refractivity contribution in [2.75, 3.05) is 13.2 Å². The minimum Gasteiger partial charge on any atom is -0.490 e. The molecule has 0 N–H and O–H groups in total. The average Bonchev–Trinajstić information content (AvgIpc) is 2.41. The second-order valence-electron chi connectivity index (χ2n) is 2.99. The van der Waals surface area contributed by atoms with Crippen LogP contribution in [0, 0.1) is 0 Å². The average molecular weight is 257 g/mol. The van der Waals surface area contributed by atoms with E-state index < -0.39 is 0 Å². The molecule has 0 aromatic heterocycles. The van der Waals surface area contributed by atoms with Gasteiger partial charge in [-0.25, -0.2) is 0 Å². The first-order valence-corrected chi connectivity index (χ1v) is 5.16. The van der Waals surface area contributed by atoms with Crippen LogP contribution in [0.15, 0.2) is 18.2 Å². The normalized spacial score (nSPS) is 14.6. The molecule has 1 aromatic rings. The number of fused-ring (bicyclic) bond motifs is 1. The summed E-state index contributed by atoms with van der Waals surface area (Å²) in [6.07, 6.45) is 0.867. The van der Waals surface area contributed by atoms with E-state index in [-0.39, 0.29) is 4.69 Å². The smallest absolute Gasteiger partial charge is 0.228 e. The second kappa shape index (κ2) is 4.00. The summed E-state index contributed by atoms with van der Waals surface area (Å²) in [6.45, 7) is 1.29. The van der Waals surface area contributed by atoms with Gasteiger partial charge in [0.25, 0.3) is 0 Å². The monoisotopic (exact) mass is 256 g/mol. The molecule has 1 aliphatic rings. The number of ether oxygens (including phenoxy) is 2. The topological polar surface area (TPSA) is 35.5 Å². The number of carbonyl (C=O) groups is 1. The van der Waals surface area contributed by atoms with Crippen LogP contribution in [0.3, 0.4) is 0 Å². The van der Waals surface area contributed by atoms with E-state index in [2.05, 4.69) is 15.9 Å². The van der Waals surface area contributed by atoms with Gasteiger partial charge in [-0.15, -0.1) is 0 Å². The van der Waals surface area contributed by atoms with Gasteiger partial charge in [0.2, 0.25) is 4.69 Å². The van der Waals surface area contributed by atoms with Crippen LogP contribution in [-0.2, 0) is 0 Å². The van der Waals surface area contributed by atoms with Crippen LogP contribution in [0.4, 0.5) is 0 Å². The van der Waals surface area contributed by atoms with Crippen LogP contribution in [-0.4, -0.2) is 17.9 Å². The first-order valence-electron chi connectivity index (χ1n) is 4.37. The molecule has 1 aliphatic heterocycles. The molecule has 0 aliphatic carbocycles. The van der Waals surface area contributed by atoms with Crippen molar-refractivity contribution in [1.29, 1.82) is 0 Å². The van der Waals surface area contributed by atoms with Gasteiger partial charge < -0.3 is 9.47 Å². The van der Waals surface area contributed by atoms with Crippen LogP contribution in [0.1, 0.15) is 16.8 Å². The third-order valence-electron chi connectivity index (χ3n) is 1.97. The van der Waals surface area contributed by atoms with Crippen molar-refractivity contribution in [3.8, 4) is 11.5 Å². The zero-order valence-corrected chi connectivity index (χ0v) is 9.04. The number of carbonyl (C=O) groups excluding carboxylic acids is 1. The highest BCUT2D eigenvalue weighted by Crippen LogP contribution is 2.30. The Morgan fingerprint density at radius 3 is 2.64 bits per heavy atom. The number of hydrogen-bond acceptors (Lipinski definition) is 3. The van der Waals surface area contributed by atoms with Crippen molar-refractivity contribution >= 4 is 20.6 Å². The molecule has 14 heavy (non-hydrogen) atoms. The maximum Gasteiger partial charge on any atom is 0.228 e. The summed E-state index contributed by atoms with van der Waals surface area (Å²) in [6, 6.07) is 5.16. The molecule has 0 radical (unpaired) electrons. The third kappa shape index (κ3) is 1.90. The molecule has 74 valence electrons. The van der Waals surface area contributed by atoms with Crippen LogP contribution < -0.4 is 9.47 Å². The van der Waals surface area contributed by atoms with Gasteiger partial charge in [-0.2, -0.15) is 0 Å². The van der Waals surface area contributed by atoms with Crippen molar-refractivity contribution in [1.82, 2.24) is 0 Å². The summed E-state index contributed by atoms with van der Waals surface area (Å²) in [5, 5.41) is 0. The highest BCUT2D eigenvalue weighted by Gasteiger charge is 2.12. The number of hydrogen-bond donors (Lipinski definition) is 0. The van der Waals surface area contributed by atoms with E-state index in [1.165, 1.54) is 0 Å². The Balaban J connectivity index is 2.37. The quantitative estimate of drug-likeness (QED) is 0.724. The summed E-state index contributed by atoms with van der Waals surface area (Å²) in [7, 11) is 0. The molecule has 3 nitrogen and oxygen atoms in total. The van der Waals surface area contributed by atoms with Crippen molar-refractivity contribution in [3.63, 3.8) is 0 Å². The summed E-state index contributed by atoms with van der Waals surface area (Å²) >= 11 is 2.89. The summed E-state index contributed by atoms with van der Waals surface area (Å²) < 4.78 is 10.7.